The summed E-state index contributed by atoms with van der Waals surface area (Å²) in [6.45, 7) is 4.46. The van der Waals surface area contributed by atoms with Gasteiger partial charge in [0.15, 0.2) is 0 Å². The average Bonchev–Trinajstić information content (AvgIpc) is 2.82. The van der Waals surface area contributed by atoms with Crippen LogP contribution in [0.4, 0.5) is 23.2 Å². The van der Waals surface area contributed by atoms with Crippen molar-refractivity contribution in [2.75, 3.05) is 5.32 Å². The van der Waals surface area contributed by atoms with Crippen LogP contribution in [-0.2, 0) is 27.4 Å². The van der Waals surface area contributed by atoms with Crippen LogP contribution in [0.2, 0.25) is 0 Å². The Bertz CT molecular complexity index is 1440. The molecule has 1 atom stereocenters. The van der Waals surface area contributed by atoms with E-state index in [2.05, 4.69) is 15.4 Å². The maximum absolute atomic E-state index is 13.9. The summed E-state index contributed by atoms with van der Waals surface area (Å²) in [5, 5.41) is 4.86. The number of nitrogens with one attached hydrogen (secondary N) is 3. The predicted molar refractivity (Wildman–Crippen MR) is 138 cm³/mol. The molecule has 2 amide bonds. The number of benzene rings is 3. The van der Waals surface area contributed by atoms with E-state index in [0.29, 0.717) is 11.6 Å². The molecule has 0 spiro atoms. The lowest BCUT2D eigenvalue weighted by molar-refractivity contribution is -0.139. The van der Waals surface area contributed by atoms with E-state index in [9.17, 15) is 35.6 Å². The molecule has 0 saturated carbocycles. The molecule has 0 radical (unpaired) electrons. The third-order valence-electron chi connectivity index (χ3n) is 5.29. The molecule has 0 fully saturated rings. The molecule has 0 aromatic heterocycles. The highest BCUT2D eigenvalue weighted by atomic mass is 32.2. The van der Waals surface area contributed by atoms with Crippen molar-refractivity contribution in [1.29, 1.82) is 0 Å². The van der Waals surface area contributed by atoms with Crippen molar-refractivity contribution in [3.63, 3.8) is 0 Å². The molecule has 39 heavy (non-hydrogen) atoms. The number of anilines is 1. The molecular weight excluding hydrogens is 538 g/mol. The number of hydrogen-bond donors (Lipinski definition) is 3. The highest BCUT2D eigenvalue weighted by Gasteiger charge is 2.38. The molecule has 3 aromatic carbocycles. The summed E-state index contributed by atoms with van der Waals surface area (Å²) in [6.07, 6.45) is -5.06. The fourth-order valence-corrected chi connectivity index (χ4v) is 5.28. The molecule has 7 nitrogen and oxygen atoms in total. The first-order valence-corrected chi connectivity index (χ1v) is 13.2. The van der Waals surface area contributed by atoms with E-state index in [-0.39, 0.29) is 17.7 Å². The maximum atomic E-state index is 13.9. The molecule has 12 heteroatoms. The minimum atomic E-state index is -5.05. The summed E-state index contributed by atoms with van der Waals surface area (Å²) in [6, 6.07) is 14.3. The Balaban J connectivity index is 1.92. The molecule has 0 aliphatic rings. The van der Waals surface area contributed by atoms with Crippen molar-refractivity contribution in [2.45, 2.75) is 49.8 Å². The quantitative estimate of drug-likeness (QED) is 0.338. The van der Waals surface area contributed by atoms with E-state index in [0.717, 1.165) is 24.3 Å². The van der Waals surface area contributed by atoms with Crippen LogP contribution in [0.25, 0.3) is 0 Å². The molecule has 0 bridgehead atoms. The van der Waals surface area contributed by atoms with Gasteiger partial charge < -0.3 is 10.6 Å². The van der Waals surface area contributed by atoms with Gasteiger partial charge in [0.1, 0.15) is 11.9 Å². The van der Waals surface area contributed by atoms with E-state index in [4.69, 9.17) is 0 Å². The van der Waals surface area contributed by atoms with Crippen molar-refractivity contribution < 1.29 is 35.6 Å². The lowest BCUT2D eigenvalue weighted by Gasteiger charge is -2.23. The van der Waals surface area contributed by atoms with Gasteiger partial charge in [0, 0.05) is 23.2 Å². The lowest BCUT2D eigenvalue weighted by Crippen LogP contribution is -2.45. The highest BCUT2D eigenvalue weighted by Crippen LogP contribution is 2.36. The highest BCUT2D eigenvalue weighted by molar-refractivity contribution is 7.89. The summed E-state index contributed by atoms with van der Waals surface area (Å²) in [5.41, 5.74) is -2.10. The third-order valence-corrected chi connectivity index (χ3v) is 7.11. The molecule has 0 aliphatic heterocycles. The number of hydrogen-bond acceptors (Lipinski definition) is 4. The molecule has 3 N–H and O–H groups in total. The van der Waals surface area contributed by atoms with E-state index in [1.165, 1.54) is 32.9 Å². The van der Waals surface area contributed by atoms with Crippen LogP contribution < -0.4 is 15.4 Å². The van der Waals surface area contributed by atoms with Crippen molar-refractivity contribution in [3.8, 4) is 0 Å². The zero-order valence-corrected chi connectivity index (χ0v) is 22.1. The van der Waals surface area contributed by atoms with Gasteiger partial charge in [-0.15, -0.1) is 0 Å². The van der Waals surface area contributed by atoms with Gasteiger partial charge in [-0.25, -0.2) is 17.5 Å². The second-order valence-electron chi connectivity index (χ2n) is 9.78. The lowest BCUT2D eigenvalue weighted by atomic mass is 10.0. The van der Waals surface area contributed by atoms with E-state index < -0.39 is 55.9 Å². The first kappa shape index (κ1) is 29.8. The smallest absolute Gasteiger partial charge is 0.340 e. The zero-order valence-electron chi connectivity index (χ0n) is 21.3. The van der Waals surface area contributed by atoms with Gasteiger partial charge in [-0.3, -0.25) is 9.59 Å². The molecule has 0 aliphatic carbocycles. The fourth-order valence-electron chi connectivity index (χ4n) is 3.65. The van der Waals surface area contributed by atoms with E-state index in [1.807, 2.05) is 0 Å². The van der Waals surface area contributed by atoms with Crippen LogP contribution in [0.5, 0.6) is 0 Å². The summed E-state index contributed by atoms with van der Waals surface area (Å²) >= 11 is 0. The van der Waals surface area contributed by atoms with Gasteiger partial charge in [-0.1, -0.05) is 30.3 Å². The minimum absolute atomic E-state index is 0.00625. The largest absolute Gasteiger partial charge is 0.417 e. The normalized spacial score (nSPS) is 13.0. The summed E-state index contributed by atoms with van der Waals surface area (Å²) in [7, 11) is -4.55. The monoisotopic (exact) mass is 565 g/mol. The number of alkyl halides is 3. The Kier molecular flexibility index (Phi) is 8.81. The van der Waals surface area contributed by atoms with Crippen molar-refractivity contribution in [3.05, 3.63) is 95.3 Å². The van der Waals surface area contributed by atoms with Gasteiger partial charge in [0.2, 0.25) is 15.9 Å². The molecular formula is C27H27F4N3O4S. The number of rotatable bonds is 8. The Morgan fingerprint density at radius 2 is 1.51 bits per heavy atom. The summed E-state index contributed by atoms with van der Waals surface area (Å²) < 4.78 is 82.4. The topological polar surface area (TPSA) is 104 Å². The van der Waals surface area contributed by atoms with Gasteiger partial charge in [-0.2, -0.15) is 13.2 Å². The third kappa shape index (κ3) is 8.36. The Hall–Kier alpha value is -3.77. The zero-order chi connectivity index (χ0) is 29.0. The maximum Gasteiger partial charge on any atom is 0.417 e. The second kappa shape index (κ2) is 11.5. The van der Waals surface area contributed by atoms with Crippen LogP contribution in [0.3, 0.4) is 0 Å². The van der Waals surface area contributed by atoms with Gasteiger partial charge >= 0.3 is 6.18 Å². The molecule has 3 aromatic rings. The Morgan fingerprint density at radius 1 is 0.897 bits per heavy atom. The number of amides is 2. The van der Waals surface area contributed by atoms with E-state index in [1.54, 1.807) is 30.3 Å². The Labute approximate surface area is 223 Å². The van der Waals surface area contributed by atoms with Crippen LogP contribution in [0, 0.1) is 5.82 Å². The molecule has 0 heterocycles. The molecule has 208 valence electrons. The van der Waals surface area contributed by atoms with Crippen molar-refractivity contribution >= 4 is 27.5 Å². The van der Waals surface area contributed by atoms with Gasteiger partial charge in [-0.05, 0) is 68.8 Å². The van der Waals surface area contributed by atoms with Crippen LogP contribution in [0.1, 0.15) is 42.3 Å². The van der Waals surface area contributed by atoms with Gasteiger partial charge in [0.05, 0.1) is 10.5 Å². The summed E-state index contributed by atoms with van der Waals surface area (Å²) in [4.78, 5) is 24.9. The summed E-state index contributed by atoms with van der Waals surface area (Å²) in [5.74, 6) is -2.10. The minimum Gasteiger partial charge on any atom is -0.340 e. The van der Waals surface area contributed by atoms with Crippen molar-refractivity contribution in [1.82, 2.24) is 10.0 Å². The number of halogens is 4. The first-order chi connectivity index (χ1) is 18.0. The SMILES string of the molecule is CC(C)(C)NS(=O)(=O)c1ccc(NC(=O)C(Cc2ccccc2)NC(=O)c2ccc(F)cc2)cc1C(F)(F)F. The van der Waals surface area contributed by atoms with E-state index >= 15 is 0 Å². The average molecular weight is 566 g/mol. The number of carbonyl (C=O) groups is 2. The first-order valence-electron chi connectivity index (χ1n) is 11.7. The van der Waals surface area contributed by atoms with Gasteiger partial charge in [0.25, 0.3) is 5.91 Å². The number of sulfonamides is 1. The molecule has 3 rings (SSSR count). The molecule has 1 unspecified atom stereocenters. The predicted octanol–water partition coefficient (Wildman–Crippen LogP) is 4.90. The van der Waals surface area contributed by atoms with Crippen LogP contribution in [0.15, 0.2) is 77.7 Å². The second-order valence-corrected chi connectivity index (χ2v) is 11.4. The van der Waals surface area contributed by atoms with Crippen LogP contribution in [-0.4, -0.2) is 31.8 Å². The molecule has 0 saturated heterocycles. The fraction of sp³-hybridized carbons (Fsp3) is 0.259. The van der Waals surface area contributed by atoms with Crippen LogP contribution >= 0.6 is 0 Å². The Morgan fingerprint density at radius 3 is 2.08 bits per heavy atom. The number of carbonyl (C=O) groups excluding carboxylic acids is 2. The standard InChI is InChI=1S/C27H27F4N3O4S/c1-26(2,3)34-39(37,38)23-14-13-20(16-21(23)27(29,30)31)32-25(36)22(15-17-7-5-4-6-8-17)33-24(35)18-9-11-19(28)12-10-18/h4-14,16,22,34H,15H2,1-3H3,(H,32,36)(H,33,35). The van der Waals surface area contributed by atoms with Crippen molar-refractivity contribution in [2.24, 2.45) is 0 Å².